The van der Waals surface area contributed by atoms with E-state index in [4.69, 9.17) is 42.1 Å². The Kier molecular flexibility index (Phi) is 26.6. The largest absolute Gasteiger partial charge is 0.466 e. The number of ether oxygens (including phenoxy) is 9. The van der Waals surface area contributed by atoms with Gasteiger partial charge in [-0.15, -0.1) is 0 Å². The molecule has 0 saturated carbocycles. The van der Waals surface area contributed by atoms with E-state index in [-0.39, 0.29) is 24.1 Å². The summed E-state index contributed by atoms with van der Waals surface area (Å²) in [6.45, 7) is 10.3. The van der Waals surface area contributed by atoms with Gasteiger partial charge < -0.3 is 47.5 Å². The van der Waals surface area contributed by atoms with Crippen LogP contribution >= 0.6 is 0 Å². The molecule has 0 radical (unpaired) electrons. The van der Waals surface area contributed by atoms with E-state index < -0.39 is 10.1 Å². The molecule has 0 atom stereocenters. The smallest absolute Gasteiger partial charge is 0.330 e. The maximum absolute atomic E-state index is 12.1. The third kappa shape index (κ3) is 25.1. The first-order valence-corrected chi connectivity index (χ1v) is 16.8. The van der Waals surface area contributed by atoms with Gasteiger partial charge in [0.1, 0.15) is 0 Å². The molecule has 1 aromatic rings. The number of rotatable bonds is 32. The fraction of sp³-hybridized carbons (Fsp3) is 0.710. The number of carbonyl (C=O) groups excluding carboxylic acids is 1. The van der Waals surface area contributed by atoms with Crippen molar-refractivity contribution in [2.24, 2.45) is 0 Å². The zero-order chi connectivity index (χ0) is 33.6. The average molecular weight is 680 g/mol. The first-order chi connectivity index (χ1) is 22.3. The van der Waals surface area contributed by atoms with E-state index in [1.165, 1.54) is 25.3 Å². The van der Waals surface area contributed by atoms with Crippen LogP contribution in [0.5, 0.6) is 0 Å². The summed E-state index contributed by atoms with van der Waals surface area (Å²) in [6, 6.07) is 6.47. The molecule has 0 saturated heterocycles. The molecule has 0 amide bonds. The molecular weight excluding hydrogens is 626 g/mol. The number of aryl methyl sites for hydroxylation is 1. The lowest BCUT2D eigenvalue weighted by molar-refractivity contribution is -0.134. The highest BCUT2D eigenvalue weighted by Crippen LogP contribution is 2.12. The van der Waals surface area contributed by atoms with Crippen LogP contribution in [0.15, 0.2) is 41.3 Å². The first-order valence-electron chi connectivity index (χ1n) is 15.4. The maximum Gasteiger partial charge on any atom is 0.330 e. The van der Waals surface area contributed by atoms with Crippen molar-refractivity contribution in [1.29, 1.82) is 0 Å². The number of esters is 1. The minimum atomic E-state index is -3.78. The predicted molar refractivity (Wildman–Crippen MR) is 170 cm³/mol. The standard InChI is InChI=1S/C31H53NO13S/c1-29-6-8-30(9-7-29)46(34,35)45-28-27-44-26-25-43-24-23-42-22-21-41-20-19-40-18-17-39-16-15-38-14-13-37-12-11-32(2)10-4-5-31(33)36-3/h4-9H,10-28H2,1-3H3/b5-4+. The Hall–Kier alpha value is -2.02. The quantitative estimate of drug-likeness (QED) is 0.0469. The van der Waals surface area contributed by atoms with Crippen LogP contribution < -0.4 is 0 Å². The summed E-state index contributed by atoms with van der Waals surface area (Å²) < 4.78 is 77.2. The monoisotopic (exact) mass is 679 g/mol. The van der Waals surface area contributed by atoms with Crippen LogP contribution in [0, 0.1) is 6.92 Å². The van der Waals surface area contributed by atoms with Gasteiger partial charge in [0.2, 0.25) is 0 Å². The Morgan fingerprint density at radius 3 is 1.39 bits per heavy atom. The number of nitrogens with zero attached hydrogens (tertiary/aromatic N) is 1. The van der Waals surface area contributed by atoms with Crippen LogP contribution in [0.3, 0.4) is 0 Å². The Balaban J connectivity index is 1.72. The molecule has 1 aromatic carbocycles. The molecule has 0 fully saturated rings. The predicted octanol–water partition coefficient (Wildman–Crippen LogP) is 1.49. The number of methoxy groups -OCH3 is 1. The molecule has 46 heavy (non-hydrogen) atoms. The van der Waals surface area contributed by atoms with Crippen molar-refractivity contribution in [1.82, 2.24) is 4.90 Å². The summed E-state index contributed by atoms with van der Waals surface area (Å²) in [5.74, 6) is -0.360. The van der Waals surface area contributed by atoms with Crippen molar-refractivity contribution in [3.8, 4) is 0 Å². The summed E-state index contributed by atoms with van der Waals surface area (Å²) in [5.41, 5.74) is 0.973. The number of benzene rings is 1. The van der Waals surface area contributed by atoms with Crippen molar-refractivity contribution in [2.75, 3.05) is 140 Å². The van der Waals surface area contributed by atoms with Gasteiger partial charge in [-0.2, -0.15) is 8.42 Å². The highest BCUT2D eigenvalue weighted by Gasteiger charge is 2.14. The van der Waals surface area contributed by atoms with Crippen LogP contribution in [-0.2, 0) is 61.7 Å². The Morgan fingerprint density at radius 2 is 1.00 bits per heavy atom. The van der Waals surface area contributed by atoms with Gasteiger partial charge in [-0.1, -0.05) is 23.8 Å². The van der Waals surface area contributed by atoms with E-state index >= 15 is 0 Å². The average Bonchev–Trinajstić information content (AvgIpc) is 3.04. The minimum Gasteiger partial charge on any atom is -0.466 e. The summed E-state index contributed by atoms with van der Waals surface area (Å²) in [7, 11) is -0.480. The van der Waals surface area contributed by atoms with Crippen molar-refractivity contribution in [3.63, 3.8) is 0 Å². The van der Waals surface area contributed by atoms with Crippen LogP contribution in [0.25, 0.3) is 0 Å². The minimum absolute atomic E-state index is 0.0620. The van der Waals surface area contributed by atoms with Gasteiger partial charge in [0.25, 0.3) is 10.1 Å². The van der Waals surface area contributed by atoms with E-state index in [0.29, 0.717) is 106 Å². The molecule has 1 rings (SSSR count). The van der Waals surface area contributed by atoms with Crippen LogP contribution in [0.1, 0.15) is 5.56 Å². The van der Waals surface area contributed by atoms with E-state index in [2.05, 4.69) is 4.74 Å². The fourth-order valence-electron chi connectivity index (χ4n) is 3.33. The molecular formula is C31H53NO13S. The summed E-state index contributed by atoms with van der Waals surface area (Å²) in [4.78, 5) is 13.2. The molecule has 14 nitrogen and oxygen atoms in total. The van der Waals surface area contributed by atoms with Crippen LogP contribution in [0.2, 0.25) is 0 Å². The van der Waals surface area contributed by atoms with E-state index in [9.17, 15) is 13.2 Å². The number of hydrogen-bond donors (Lipinski definition) is 0. The zero-order valence-corrected chi connectivity index (χ0v) is 28.4. The molecule has 0 unspecified atom stereocenters. The van der Waals surface area contributed by atoms with Crippen LogP contribution in [0.4, 0.5) is 0 Å². The second-order valence-electron chi connectivity index (χ2n) is 9.68. The van der Waals surface area contributed by atoms with Gasteiger partial charge in [-0.05, 0) is 26.1 Å². The lowest BCUT2D eigenvalue weighted by Gasteiger charge is -2.14. The number of likely N-dealkylation sites (N-methyl/N-ethyl adjacent to an activating group) is 1. The number of hydrogen-bond acceptors (Lipinski definition) is 14. The summed E-state index contributed by atoms with van der Waals surface area (Å²) in [5, 5.41) is 0. The van der Waals surface area contributed by atoms with E-state index in [1.54, 1.807) is 18.2 Å². The number of carbonyl (C=O) groups is 1. The topological polar surface area (TPSA) is 147 Å². The Bertz CT molecular complexity index is 993. The molecule has 0 spiro atoms. The van der Waals surface area contributed by atoms with Gasteiger partial charge in [0.15, 0.2) is 0 Å². The lowest BCUT2D eigenvalue weighted by Crippen LogP contribution is -2.24. The van der Waals surface area contributed by atoms with Crippen molar-refractivity contribution in [2.45, 2.75) is 11.8 Å². The third-order valence-electron chi connectivity index (χ3n) is 5.87. The molecule has 0 aliphatic heterocycles. The van der Waals surface area contributed by atoms with Crippen molar-refractivity contribution >= 4 is 16.1 Å². The van der Waals surface area contributed by atoms with Crippen molar-refractivity contribution in [3.05, 3.63) is 42.0 Å². The third-order valence-corrected chi connectivity index (χ3v) is 7.20. The van der Waals surface area contributed by atoms with Gasteiger partial charge in [-0.25, -0.2) is 4.79 Å². The van der Waals surface area contributed by atoms with Crippen LogP contribution in [-0.4, -0.2) is 159 Å². The van der Waals surface area contributed by atoms with Crippen molar-refractivity contribution < 1.29 is 60.0 Å². The van der Waals surface area contributed by atoms with Gasteiger partial charge in [-0.3, -0.25) is 4.18 Å². The fourth-order valence-corrected chi connectivity index (χ4v) is 4.22. The summed E-state index contributed by atoms with van der Waals surface area (Å²) >= 11 is 0. The van der Waals surface area contributed by atoms with E-state index in [0.717, 1.165) is 12.1 Å². The normalized spacial score (nSPS) is 12.0. The Labute approximate surface area is 274 Å². The molecule has 0 heterocycles. The SMILES string of the molecule is COC(=O)/C=C/CN(C)CCOCCOCCOCCOCCOCCOCCOCCOCCOS(=O)(=O)c1ccc(C)cc1. The van der Waals surface area contributed by atoms with Gasteiger partial charge >= 0.3 is 5.97 Å². The molecule has 266 valence electrons. The van der Waals surface area contributed by atoms with Gasteiger partial charge in [0, 0.05) is 19.2 Å². The first kappa shape index (κ1) is 42.0. The summed E-state index contributed by atoms with van der Waals surface area (Å²) in [6.07, 6.45) is 3.16. The Morgan fingerprint density at radius 1 is 0.630 bits per heavy atom. The molecule has 0 N–H and O–H groups in total. The molecule has 0 bridgehead atoms. The highest BCUT2D eigenvalue weighted by atomic mass is 32.2. The second kappa shape index (κ2) is 29.1. The molecule has 0 aliphatic rings. The molecule has 15 heteroatoms. The molecule has 0 aliphatic carbocycles. The van der Waals surface area contributed by atoms with Gasteiger partial charge in [0.05, 0.1) is 124 Å². The molecule has 0 aromatic heterocycles. The maximum atomic E-state index is 12.1. The lowest BCUT2D eigenvalue weighted by atomic mass is 10.2. The highest BCUT2D eigenvalue weighted by molar-refractivity contribution is 7.86. The zero-order valence-electron chi connectivity index (χ0n) is 27.6. The second-order valence-corrected chi connectivity index (χ2v) is 11.3. The van der Waals surface area contributed by atoms with E-state index in [1.807, 2.05) is 18.9 Å².